The van der Waals surface area contributed by atoms with E-state index in [-0.39, 0.29) is 23.4 Å². The van der Waals surface area contributed by atoms with E-state index in [1.165, 1.54) is 6.42 Å². The van der Waals surface area contributed by atoms with Gasteiger partial charge in [0.25, 0.3) is 0 Å². The Balaban J connectivity index is 2.11. The molecule has 2 aliphatic rings. The maximum absolute atomic E-state index is 11.7. The highest BCUT2D eigenvalue weighted by molar-refractivity contribution is 6.07. The van der Waals surface area contributed by atoms with E-state index in [1.54, 1.807) is 0 Å². The molecule has 0 saturated heterocycles. The van der Waals surface area contributed by atoms with Gasteiger partial charge in [-0.05, 0) is 18.8 Å². The fourth-order valence-corrected chi connectivity index (χ4v) is 2.57. The smallest absolute Gasteiger partial charge is 0.146 e. The molecule has 2 heteroatoms. The van der Waals surface area contributed by atoms with Crippen LogP contribution in [0.3, 0.4) is 0 Å². The van der Waals surface area contributed by atoms with Gasteiger partial charge in [-0.3, -0.25) is 9.59 Å². The standard InChI is InChI=1S/C11H16O2/c1-7-4-2-3-5-8-6-9(12)10(8)11(7)13/h7-8,10H,2-6H2,1H3. The van der Waals surface area contributed by atoms with Crippen LogP contribution in [0, 0.1) is 17.8 Å². The molecular weight excluding hydrogens is 164 g/mol. The summed E-state index contributed by atoms with van der Waals surface area (Å²) in [4.78, 5) is 23.0. The van der Waals surface area contributed by atoms with E-state index in [1.807, 2.05) is 6.92 Å². The number of ketones is 2. The normalized spacial score (nSPS) is 40.2. The van der Waals surface area contributed by atoms with Crippen LogP contribution in [0.4, 0.5) is 0 Å². The Labute approximate surface area is 78.7 Å². The van der Waals surface area contributed by atoms with E-state index in [9.17, 15) is 9.59 Å². The average Bonchev–Trinajstić information content (AvgIpc) is 2.07. The number of Topliss-reactive ketones (excluding diaryl/α,β-unsaturated/α-hetero) is 2. The molecule has 2 saturated carbocycles. The number of carbonyl (C=O) groups excluding carboxylic acids is 2. The largest absolute Gasteiger partial charge is 0.299 e. The zero-order valence-corrected chi connectivity index (χ0v) is 8.08. The van der Waals surface area contributed by atoms with Crippen LogP contribution in [0.5, 0.6) is 0 Å². The fraction of sp³-hybridized carbons (Fsp3) is 0.818. The van der Waals surface area contributed by atoms with Crippen LogP contribution >= 0.6 is 0 Å². The Morgan fingerprint density at radius 3 is 2.54 bits per heavy atom. The summed E-state index contributed by atoms with van der Waals surface area (Å²) in [7, 11) is 0. The summed E-state index contributed by atoms with van der Waals surface area (Å²) in [6.07, 6.45) is 5.10. The Kier molecular flexibility index (Phi) is 2.22. The highest BCUT2D eigenvalue weighted by atomic mass is 16.2. The maximum Gasteiger partial charge on any atom is 0.146 e. The minimum atomic E-state index is -0.199. The first-order valence-corrected chi connectivity index (χ1v) is 5.26. The first-order valence-electron chi connectivity index (χ1n) is 5.26. The van der Waals surface area contributed by atoms with Gasteiger partial charge in [0.05, 0.1) is 5.92 Å². The predicted octanol–water partition coefficient (Wildman–Crippen LogP) is 1.97. The van der Waals surface area contributed by atoms with Crippen molar-refractivity contribution in [1.29, 1.82) is 0 Å². The van der Waals surface area contributed by atoms with Gasteiger partial charge < -0.3 is 0 Å². The summed E-state index contributed by atoms with van der Waals surface area (Å²) in [5.74, 6) is 0.750. The molecule has 2 rings (SSSR count). The summed E-state index contributed by atoms with van der Waals surface area (Å²) in [6, 6.07) is 0. The summed E-state index contributed by atoms with van der Waals surface area (Å²) >= 11 is 0. The Bertz CT molecular complexity index is 244. The molecule has 0 amide bonds. The Morgan fingerprint density at radius 2 is 1.85 bits per heavy atom. The molecule has 2 aliphatic carbocycles. The van der Waals surface area contributed by atoms with E-state index < -0.39 is 0 Å². The average molecular weight is 180 g/mol. The van der Waals surface area contributed by atoms with Gasteiger partial charge in [-0.25, -0.2) is 0 Å². The second-order valence-electron chi connectivity index (χ2n) is 4.50. The minimum absolute atomic E-state index is 0.122. The summed E-state index contributed by atoms with van der Waals surface area (Å²) in [5, 5.41) is 0. The molecule has 0 spiro atoms. The number of carbonyl (C=O) groups is 2. The zero-order chi connectivity index (χ0) is 9.42. The number of hydrogen-bond acceptors (Lipinski definition) is 2. The van der Waals surface area contributed by atoms with Crippen LogP contribution in [-0.4, -0.2) is 11.6 Å². The molecule has 0 aliphatic heterocycles. The molecule has 3 atom stereocenters. The second kappa shape index (κ2) is 3.24. The van der Waals surface area contributed by atoms with Gasteiger partial charge in [-0.15, -0.1) is 0 Å². The highest BCUT2D eigenvalue weighted by Gasteiger charge is 2.45. The van der Waals surface area contributed by atoms with Crippen LogP contribution in [0.15, 0.2) is 0 Å². The summed E-state index contributed by atoms with van der Waals surface area (Å²) in [6.45, 7) is 1.97. The number of hydrogen-bond donors (Lipinski definition) is 0. The highest BCUT2D eigenvalue weighted by Crippen LogP contribution is 2.39. The molecular formula is C11H16O2. The lowest BCUT2D eigenvalue weighted by Crippen LogP contribution is -2.45. The van der Waals surface area contributed by atoms with Crippen LogP contribution in [-0.2, 0) is 9.59 Å². The van der Waals surface area contributed by atoms with Crippen molar-refractivity contribution in [2.75, 3.05) is 0 Å². The monoisotopic (exact) mass is 180 g/mol. The quantitative estimate of drug-likeness (QED) is 0.534. The third-order valence-corrected chi connectivity index (χ3v) is 3.54. The SMILES string of the molecule is CC1CCCCC2CC(=O)C2C1=O. The van der Waals surface area contributed by atoms with Crippen molar-refractivity contribution in [3.05, 3.63) is 0 Å². The third-order valence-electron chi connectivity index (χ3n) is 3.54. The van der Waals surface area contributed by atoms with E-state index in [0.717, 1.165) is 19.3 Å². The fourth-order valence-electron chi connectivity index (χ4n) is 2.57. The van der Waals surface area contributed by atoms with Gasteiger partial charge >= 0.3 is 0 Å². The molecule has 72 valence electrons. The Hall–Kier alpha value is -0.660. The molecule has 2 fully saturated rings. The lowest BCUT2D eigenvalue weighted by molar-refractivity contribution is -0.146. The van der Waals surface area contributed by atoms with E-state index >= 15 is 0 Å². The maximum atomic E-state index is 11.7. The first kappa shape index (κ1) is 8.92. The van der Waals surface area contributed by atoms with Gasteiger partial charge in [0.2, 0.25) is 0 Å². The molecule has 0 bridgehead atoms. The molecule has 0 heterocycles. The summed E-state index contributed by atoms with van der Waals surface area (Å²) in [5.41, 5.74) is 0. The van der Waals surface area contributed by atoms with Gasteiger partial charge in [-0.2, -0.15) is 0 Å². The van der Waals surface area contributed by atoms with Gasteiger partial charge in [0.1, 0.15) is 11.6 Å². The van der Waals surface area contributed by atoms with Crippen molar-refractivity contribution >= 4 is 11.6 Å². The minimum Gasteiger partial charge on any atom is -0.299 e. The predicted molar refractivity (Wildman–Crippen MR) is 49.2 cm³/mol. The Morgan fingerprint density at radius 1 is 1.15 bits per heavy atom. The number of rotatable bonds is 0. The van der Waals surface area contributed by atoms with Crippen LogP contribution in [0.25, 0.3) is 0 Å². The lowest BCUT2D eigenvalue weighted by atomic mass is 9.64. The molecule has 0 N–H and O–H groups in total. The van der Waals surface area contributed by atoms with Gasteiger partial charge in [-0.1, -0.05) is 19.8 Å². The molecule has 2 nitrogen and oxygen atoms in total. The molecule has 0 aromatic heterocycles. The van der Waals surface area contributed by atoms with Crippen molar-refractivity contribution in [2.45, 2.75) is 39.0 Å². The van der Waals surface area contributed by atoms with Crippen LogP contribution < -0.4 is 0 Å². The molecule has 0 radical (unpaired) electrons. The van der Waals surface area contributed by atoms with Crippen LogP contribution in [0.1, 0.15) is 39.0 Å². The molecule has 0 aromatic carbocycles. The van der Waals surface area contributed by atoms with Crippen molar-refractivity contribution < 1.29 is 9.59 Å². The van der Waals surface area contributed by atoms with Crippen LogP contribution in [0.2, 0.25) is 0 Å². The van der Waals surface area contributed by atoms with E-state index in [2.05, 4.69) is 0 Å². The molecule has 3 unspecified atom stereocenters. The second-order valence-corrected chi connectivity index (χ2v) is 4.50. The van der Waals surface area contributed by atoms with Crippen molar-refractivity contribution in [3.8, 4) is 0 Å². The number of fused-ring (bicyclic) bond motifs is 1. The first-order chi connectivity index (χ1) is 6.20. The zero-order valence-electron chi connectivity index (χ0n) is 8.08. The lowest BCUT2D eigenvalue weighted by Gasteiger charge is -2.37. The third kappa shape index (κ3) is 1.43. The van der Waals surface area contributed by atoms with E-state index in [4.69, 9.17) is 0 Å². The molecule has 13 heavy (non-hydrogen) atoms. The molecule has 0 aromatic rings. The summed E-state index contributed by atoms with van der Waals surface area (Å²) < 4.78 is 0. The van der Waals surface area contributed by atoms with Gasteiger partial charge in [0.15, 0.2) is 0 Å². The topological polar surface area (TPSA) is 34.1 Å². The van der Waals surface area contributed by atoms with E-state index in [0.29, 0.717) is 12.3 Å². The van der Waals surface area contributed by atoms with Crippen molar-refractivity contribution in [1.82, 2.24) is 0 Å². The van der Waals surface area contributed by atoms with Gasteiger partial charge in [0, 0.05) is 12.3 Å². The van der Waals surface area contributed by atoms with Crippen molar-refractivity contribution in [3.63, 3.8) is 0 Å². The van der Waals surface area contributed by atoms with Crippen molar-refractivity contribution in [2.24, 2.45) is 17.8 Å².